The summed E-state index contributed by atoms with van der Waals surface area (Å²) in [6.45, 7) is 8.20. The first-order valence-electron chi connectivity index (χ1n) is 7.42. The number of aliphatic hydroxyl groups excluding tert-OH is 1. The van der Waals surface area contributed by atoms with Crippen molar-refractivity contribution in [1.29, 1.82) is 0 Å². The molecule has 1 aromatic heterocycles. The number of nitrogens with two attached hydrogens (primary N) is 1. The van der Waals surface area contributed by atoms with Crippen molar-refractivity contribution in [2.45, 2.75) is 32.9 Å². The molecule has 0 aliphatic carbocycles. The van der Waals surface area contributed by atoms with Crippen LogP contribution in [0.2, 0.25) is 0 Å². The molecule has 7 nitrogen and oxygen atoms in total. The quantitative estimate of drug-likeness (QED) is 0.766. The maximum Gasteiger partial charge on any atom is 0.267 e. The zero-order chi connectivity index (χ0) is 15.4. The number of morpholine rings is 1. The van der Waals surface area contributed by atoms with Crippen molar-refractivity contribution in [3.05, 3.63) is 17.0 Å². The number of hydrogen-bond acceptors (Lipinski definition) is 5. The Labute approximate surface area is 124 Å². The Balaban J connectivity index is 2.19. The number of aliphatic hydroxyl groups is 1. The standard InChI is InChI=1S/C14H24N4O3/c1-3-11-12(10(2)19)13(14(15)20)18(16-11)5-4-17-6-8-21-9-7-17/h10,19H,3-9H2,1-2H3,(H2,15,20). The molecule has 1 unspecified atom stereocenters. The molecule has 0 bridgehead atoms. The number of rotatable bonds is 6. The molecule has 1 fully saturated rings. The van der Waals surface area contributed by atoms with E-state index < -0.39 is 12.0 Å². The summed E-state index contributed by atoms with van der Waals surface area (Å²) in [5, 5.41) is 14.4. The van der Waals surface area contributed by atoms with Crippen molar-refractivity contribution in [3.63, 3.8) is 0 Å². The molecule has 2 rings (SSSR count). The third-order valence-electron chi connectivity index (χ3n) is 3.78. The summed E-state index contributed by atoms with van der Waals surface area (Å²) in [6, 6.07) is 0. The Morgan fingerprint density at radius 3 is 2.62 bits per heavy atom. The van der Waals surface area contributed by atoms with Gasteiger partial charge >= 0.3 is 0 Å². The molecule has 1 aliphatic heterocycles. The predicted octanol–water partition coefficient (Wildman–Crippen LogP) is -0.0701. The summed E-state index contributed by atoms with van der Waals surface area (Å²) in [5.74, 6) is -0.542. The number of carbonyl (C=O) groups is 1. The van der Waals surface area contributed by atoms with Crippen LogP contribution in [-0.2, 0) is 17.7 Å². The highest BCUT2D eigenvalue weighted by Crippen LogP contribution is 2.22. The molecule has 0 aromatic carbocycles. The number of hydrogen-bond donors (Lipinski definition) is 2. The van der Waals surface area contributed by atoms with Crippen molar-refractivity contribution >= 4 is 5.91 Å². The molecule has 7 heteroatoms. The summed E-state index contributed by atoms with van der Waals surface area (Å²) in [4.78, 5) is 14.0. The van der Waals surface area contributed by atoms with Crippen molar-refractivity contribution in [1.82, 2.24) is 14.7 Å². The fourth-order valence-electron chi connectivity index (χ4n) is 2.71. The first-order chi connectivity index (χ1) is 10.0. The van der Waals surface area contributed by atoms with Crippen LogP contribution in [0.25, 0.3) is 0 Å². The lowest BCUT2D eigenvalue weighted by Gasteiger charge is -2.26. The summed E-state index contributed by atoms with van der Waals surface area (Å²) in [6.07, 6.45) is -0.0926. The Bertz CT molecular complexity index is 493. The van der Waals surface area contributed by atoms with E-state index in [0.29, 0.717) is 24.2 Å². The molecule has 1 amide bonds. The van der Waals surface area contributed by atoms with Crippen LogP contribution in [-0.4, -0.2) is 58.5 Å². The monoisotopic (exact) mass is 296 g/mol. The fraction of sp³-hybridized carbons (Fsp3) is 0.714. The minimum atomic E-state index is -0.750. The second-order valence-electron chi connectivity index (χ2n) is 5.28. The summed E-state index contributed by atoms with van der Waals surface area (Å²) >= 11 is 0. The van der Waals surface area contributed by atoms with E-state index in [-0.39, 0.29) is 0 Å². The van der Waals surface area contributed by atoms with Gasteiger partial charge in [0.05, 0.1) is 31.6 Å². The molecule has 1 atom stereocenters. The molecule has 0 radical (unpaired) electrons. The number of amides is 1. The van der Waals surface area contributed by atoms with Gasteiger partial charge in [0.15, 0.2) is 0 Å². The number of ether oxygens (including phenoxy) is 1. The lowest BCUT2D eigenvalue weighted by Crippen LogP contribution is -2.38. The first-order valence-corrected chi connectivity index (χ1v) is 7.42. The highest BCUT2D eigenvalue weighted by Gasteiger charge is 2.24. The van der Waals surface area contributed by atoms with E-state index >= 15 is 0 Å². The molecule has 118 valence electrons. The van der Waals surface area contributed by atoms with E-state index in [1.165, 1.54) is 0 Å². The van der Waals surface area contributed by atoms with E-state index in [1.807, 2.05) is 6.92 Å². The molecule has 1 saturated heterocycles. The fourth-order valence-corrected chi connectivity index (χ4v) is 2.71. The van der Waals surface area contributed by atoms with Crippen molar-refractivity contribution < 1.29 is 14.6 Å². The smallest absolute Gasteiger partial charge is 0.267 e. The Morgan fingerprint density at radius 2 is 2.10 bits per heavy atom. The van der Waals surface area contributed by atoms with Gasteiger partial charge in [0.1, 0.15) is 5.69 Å². The van der Waals surface area contributed by atoms with Crippen molar-refractivity contribution in [3.8, 4) is 0 Å². The number of primary amides is 1. The van der Waals surface area contributed by atoms with Gasteiger partial charge in [-0.3, -0.25) is 14.4 Å². The van der Waals surface area contributed by atoms with Crippen LogP contribution >= 0.6 is 0 Å². The largest absolute Gasteiger partial charge is 0.389 e. The van der Waals surface area contributed by atoms with Gasteiger partial charge in [-0.15, -0.1) is 0 Å². The Morgan fingerprint density at radius 1 is 1.43 bits per heavy atom. The molecule has 21 heavy (non-hydrogen) atoms. The minimum absolute atomic E-state index is 0.329. The van der Waals surface area contributed by atoms with E-state index in [2.05, 4.69) is 10.00 Å². The highest BCUT2D eigenvalue weighted by molar-refractivity contribution is 5.93. The highest BCUT2D eigenvalue weighted by atomic mass is 16.5. The molecule has 3 N–H and O–H groups in total. The SMILES string of the molecule is CCc1nn(CCN2CCOCC2)c(C(N)=O)c1C(C)O. The zero-order valence-electron chi connectivity index (χ0n) is 12.7. The summed E-state index contributed by atoms with van der Waals surface area (Å²) < 4.78 is 6.95. The van der Waals surface area contributed by atoms with Crippen LogP contribution in [0.3, 0.4) is 0 Å². The molecule has 0 saturated carbocycles. The normalized spacial score (nSPS) is 17.9. The van der Waals surface area contributed by atoms with Gasteiger partial charge in [0.2, 0.25) is 0 Å². The molecule has 0 spiro atoms. The van der Waals surface area contributed by atoms with E-state index in [1.54, 1.807) is 11.6 Å². The molecular weight excluding hydrogens is 272 g/mol. The Kier molecular flexibility index (Phi) is 5.33. The number of carbonyl (C=O) groups excluding carboxylic acids is 1. The van der Waals surface area contributed by atoms with Crippen molar-refractivity contribution in [2.24, 2.45) is 5.73 Å². The average molecular weight is 296 g/mol. The van der Waals surface area contributed by atoms with Gasteiger partial charge in [-0.05, 0) is 13.3 Å². The van der Waals surface area contributed by atoms with Gasteiger partial charge < -0.3 is 15.6 Å². The van der Waals surface area contributed by atoms with Gasteiger partial charge in [-0.25, -0.2) is 0 Å². The maximum atomic E-state index is 11.7. The second kappa shape index (κ2) is 7.02. The van der Waals surface area contributed by atoms with Gasteiger partial charge in [-0.1, -0.05) is 6.92 Å². The first kappa shape index (κ1) is 15.9. The predicted molar refractivity (Wildman–Crippen MR) is 78.0 cm³/mol. The van der Waals surface area contributed by atoms with Crippen LogP contribution in [0.1, 0.15) is 41.7 Å². The van der Waals surface area contributed by atoms with E-state index in [9.17, 15) is 9.90 Å². The minimum Gasteiger partial charge on any atom is -0.389 e. The average Bonchev–Trinajstić information content (AvgIpc) is 2.85. The molecule has 1 aromatic rings. The third kappa shape index (κ3) is 3.61. The van der Waals surface area contributed by atoms with Crippen molar-refractivity contribution in [2.75, 3.05) is 32.8 Å². The van der Waals surface area contributed by atoms with E-state index in [0.717, 1.165) is 38.5 Å². The second-order valence-corrected chi connectivity index (χ2v) is 5.28. The topological polar surface area (TPSA) is 93.6 Å². The van der Waals surface area contributed by atoms with E-state index in [4.69, 9.17) is 10.5 Å². The molecular formula is C14H24N4O3. The lowest BCUT2D eigenvalue weighted by atomic mass is 10.1. The zero-order valence-corrected chi connectivity index (χ0v) is 12.7. The van der Waals surface area contributed by atoms with Crippen LogP contribution in [0.4, 0.5) is 0 Å². The maximum absolute atomic E-state index is 11.7. The Hall–Kier alpha value is -1.44. The van der Waals surface area contributed by atoms with Gasteiger partial charge in [0.25, 0.3) is 5.91 Å². The van der Waals surface area contributed by atoms with Gasteiger partial charge in [0, 0.05) is 25.2 Å². The number of nitrogens with zero attached hydrogens (tertiary/aromatic N) is 3. The third-order valence-corrected chi connectivity index (χ3v) is 3.78. The lowest BCUT2D eigenvalue weighted by molar-refractivity contribution is 0.0358. The van der Waals surface area contributed by atoms with Crippen LogP contribution < -0.4 is 5.73 Å². The summed E-state index contributed by atoms with van der Waals surface area (Å²) in [7, 11) is 0. The van der Waals surface area contributed by atoms with Crippen LogP contribution in [0.15, 0.2) is 0 Å². The summed E-state index contributed by atoms with van der Waals surface area (Å²) in [5.41, 5.74) is 7.11. The molecule has 1 aliphatic rings. The number of aryl methyl sites for hydroxylation is 1. The number of aromatic nitrogens is 2. The molecule has 2 heterocycles. The van der Waals surface area contributed by atoms with Gasteiger partial charge in [-0.2, -0.15) is 5.10 Å². The van der Waals surface area contributed by atoms with Crippen LogP contribution in [0.5, 0.6) is 0 Å². The van der Waals surface area contributed by atoms with Crippen LogP contribution in [0, 0.1) is 0 Å².